The molecular formula is C16H23N2O3P. The summed E-state index contributed by atoms with van der Waals surface area (Å²) in [6.07, 6.45) is 5.75. The fourth-order valence-electron chi connectivity index (χ4n) is 3.00. The van der Waals surface area contributed by atoms with Gasteiger partial charge >= 0.3 is 7.60 Å². The zero-order chi connectivity index (χ0) is 16.5. The highest BCUT2D eigenvalue weighted by atomic mass is 31.2. The highest BCUT2D eigenvalue weighted by Gasteiger charge is 2.52. The van der Waals surface area contributed by atoms with Crippen molar-refractivity contribution < 1.29 is 14.4 Å². The molecule has 1 aliphatic rings. The van der Waals surface area contributed by atoms with Crippen LogP contribution >= 0.6 is 7.60 Å². The zero-order valence-corrected chi connectivity index (χ0v) is 14.3. The number of allylic oxidation sites excluding steroid dienone is 2. The second-order valence-corrected chi connectivity index (χ2v) is 7.71. The summed E-state index contributed by atoms with van der Waals surface area (Å²) in [5, 5.41) is -1.34. The van der Waals surface area contributed by atoms with Gasteiger partial charge in [-0.25, -0.2) is 0 Å². The van der Waals surface area contributed by atoms with Crippen LogP contribution < -0.4 is 4.90 Å². The standard InChI is InChI=1S/C16H23N2O3P/c1-17(2)15-11-6-5-9-13(15)14-10-7-8-12-16(14,18(3)4)22(19,20)21/h5-11H,12H2,1-4H3,(H2,19,20,21). The van der Waals surface area contributed by atoms with Crippen LogP contribution in [0.3, 0.4) is 0 Å². The minimum absolute atomic E-state index is 0.276. The maximum absolute atomic E-state index is 12.4. The first-order valence-corrected chi connectivity index (χ1v) is 8.70. The predicted molar refractivity (Wildman–Crippen MR) is 91.0 cm³/mol. The summed E-state index contributed by atoms with van der Waals surface area (Å²) < 4.78 is 12.4. The number of anilines is 1. The summed E-state index contributed by atoms with van der Waals surface area (Å²) in [4.78, 5) is 23.8. The Balaban J connectivity index is 2.73. The Morgan fingerprint density at radius 2 is 1.77 bits per heavy atom. The van der Waals surface area contributed by atoms with E-state index in [2.05, 4.69) is 0 Å². The van der Waals surface area contributed by atoms with E-state index in [1.54, 1.807) is 25.1 Å². The van der Waals surface area contributed by atoms with Gasteiger partial charge in [0.2, 0.25) is 0 Å². The molecule has 5 nitrogen and oxygen atoms in total. The van der Waals surface area contributed by atoms with Crippen molar-refractivity contribution in [3.8, 4) is 0 Å². The molecule has 1 atom stereocenters. The third-order valence-corrected chi connectivity index (χ3v) is 5.92. The Morgan fingerprint density at radius 1 is 1.14 bits per heavy atom. The van der Waals surface area contributed by atoms with Gasteiger partial charge in [0, 0.05) is 25.3 Å². The molecule has 0 aromatic heterocycles. The van der Waals surface area contributed by atoms with E-state index < -0.39 is 12.9 Å². The quantitative estimate of drug-likeness (QED) is 0.834. The molecule has 0 radical (unpaired) electrons. The van der Waals surface area contributed by atoms with Crippen molar-refractivity contribution in [3.63, 3.8) is 0 Å². The van der Waals surface area contributed by atoms with Gasteiger partial charge in [-0.1, -0.05) is 36.4 Å². The number of benzene rings is 1. The zero-order valence-electron chi connectivity index (χ0n) is 13.4. The number of rotatable bonds is 4. The van der Waals surface area contributed by atoms with Crippen LogP contribution in [0.5, 0.6) is 0 Å². The van der Waals surface area contributed by atoms with Crippen LogP contribution in [0.25, 0.3) is 5.57 Å². The molecule has 2 N–H and O–H groups in total. The highest BCUT2D eigenvalue weighted by Crippen LogP contribution is 2.61. The fraction of sp³-hybridized carbons (Fsp3) is 0.375. The van der Waals surface area contributed by atoms with Gasteiger partial charge in [-0.2, -0.15) is 0 Å². The van der Waals surface area contributed by atoms with Gasteiger partial charge in [0.05, 0.1) is 0 Å². The molecule has 0 aliphatic heterocycles. The van der Waals surface area contributed by atoms with Crippen LogP contribution in [0.1, 0.15) is 12.0 Å². The lowest BCUT2D eigenvalue weighted by atomic mass is 9.89. The van der Waals surface area contributed by atoms with Crippen LogP contribution in [0.4, 0.5) is 5.69 Å². The topological polar surface area (TPSA) is 64.0 Å². The van der Waals surface area contributed by atoms with E-state index in [-0.39, 0.29) is 6.42 Å². The van der Waals surface area contributed by atoms with Gasteiger partial charge in [-0.15, -0.1) is 0 Å². The maximum atomic E-state index is 12.4. The van der Waals surface area contributed by atoms with Crippen molar-refractivity contribution in [1.82, 2.24) is 4.90 Å². The third-order valence-electron chi connectivity index (χ3n) is 4.13. The van der Waals surface area contributed by atoms with Crippen molar-refractivity contribution in [2.24, 2.45) is 0 Å². The summed E-state index contributed by atoms with van der Waals surface area (Å²) in [7, 11) is 2.86. The van der Waals surface area contributed by atoms with E-state index in [1.807, 2.05) is 55.4 Å². The monoisotopic (exact) mass is 322 g/mol. The Hall–Kier alpha value is -1.39. The molecule has 2 rings (SSSR count). The van der Waals surface area contributed by atoms with Gasteiger partial charge in [-0.3, -0.25) is 9.46 Å². The summed E-state index contributed by atoms with van der Waals surface area (Å²) in [6, 6.07) is 7.68. The Morgan fingerprint density at radius 3 is 2.32 bits per heavy atom. The average molecular weight is 322 g/mol. The summed E-state index contributed by atoms with van der Waals surface area (Å²) in [6.45, 7) is 0. The molecule has 0 amide bonds. The molecule has 1 aromatic carbocycles. The molecule has 0 spiro atoms. The molecule has 1 aromatic rings. The molecule has 1 aliphatic carbocycles. The smallest absolute Gasteiger partial charge is 0.350 e. The highest BCUT2D eigenvalue weighted by molar-refractivity contribution is 7.54. The van der Waals surface area contributed by atoms with Crippen LogP contribution in [-0.4, -0.2) is 48.2 Å². The molecule has 1 unspecified atom stereocenters. The Bertz CT molecular complexity index is 661. The second-order valence-electron chi connectivity index (χ2n) is 5.88. The van der Waals surface area contributed by atoms with Crippen LogP contribution in [0.2, 0.25) is 0 Å². The van der Waals surface area contributed by atoms with E-state index in [1.165, 1.54) is 0 Å². The third kappa shape index (κ3) is 2.66. The molecule has 22 heavy (non-hydrogen) atoms. The van der Waals surface area contributed by atoms with Crippen LogP contribution in [0, 0.1) is 0 Å². The lowest BCUT2D eigenvalue weighted by Crippen LogP contribution is -2.45. The van der Waals surface area contributed by atoms with Crippen molar-refractivity contribution in [1.29, 1.82) is 0 Å². The molecular weight excluding hydrogens is 299 g/mol. The first-order chi connectivity index (χ1) is 10.2. The van der Waals surface area contributed by atoms with Gasteiger partial charge in [0.15, 0.2) is 5.28 Å². The van der Waals surface area contributed by atoms with Crippen molar-refractivity contribution in [2.45, 2.75) is 11.7 Å². The Kier molecular flexibility index (Phi) is 4.64. The molecule has 0 bridgehead atoms. The largest absolute Gasteiger partial charge is 0.377 e. The minimum Gasteiger partial charge on any atom is -0.377 e. The second kappa shape index (κ2) is 6.01. The number of hydrogen-bond acceptors (Lipinski definition) is 3. The van der Waals surface area contributed by atoms with Gasteiger partial charge in [-0.05, 0) is 32.2 Å². The summed E-state index contributed by atoms with van der Waals surface area (Å²) in [5.41, 5.74) is 2.43. The molecule has 6 heteroatoms. The van der Waals surface area contributed by atoms with Gasteiger partial charge in [0.1, 0.15) is 0 Å². The number of para-hydroxylation sites is 1. The summed E-state index contributed by atoms with van der Waals surface area (Å²) >= 11 is 0. The Labute approximate surface area is 131 Å². The fourth-order valence-corrected chi connectivity index (χ4v) is 4.37. The lowest BCUT2D eigenvalue weighted by molar-refractivity contribution is 0.237. The molecule has 0 saturated carbocycles. The summed E-state index contributed by atoms with van der Waals surface area (Å²) in [5.74, 6) is 0. The van der Waals surface area contributed by atoms with Crippen molar-refractivity contribution >= 4 is 18.9 Å². The number of hydrogen-bond donors (Lipinski definition) is 2. The van der Waals surface area contributed by atoms with E-state index in [4.69, 9.17) is 0 Å². The van der Waals surface area contributed by atoms with E-state index in [0.29, 0.717) is 5.57 Å². The van der Waals surface area contributed by atoms with Crippen LogP contribution in [0.15, 0.2) is 42.5 Å². The number of likely N-dealkylation sites (N-methyl/N-ethyl adjacent to an activating group) is 1. The van der Waals surface area contributed by atoms with Crippen LogP contribution in [-0.2, 0) is 4.57 Å². The molecule has 0 fully saturated rings. The normalized spacial score (nSPS) is 21.9. The van der Waals surface area contributed by atoms with E-state index in [0.717, 1.165) is 11.3 Å². The minimum atomic E-state index is -4.41. The predicted octanol–water partition coefficient (Wildman–Crippen LogP) is 2.53. The van der Waals surface area contributed by atoms with Gasteiger partial charge in [0.25, 0.3) is 0 Å². The van der Waals surface area contributed by atoms with E-state index in [9.17, 15) is 14.4 Å². The lowest BCUT2D eigenvalue weighted by Gasteiger charge is -2.43. The first kappa shape index (κ1) is 17.0. The molecule has 120 valence electrons. The average Bonchev–Trinajstić information content (AvgIpc) is 2.45. The number of nitrogens with zero attached hydrogens (tertiary/aromatic N) is 2. The van der Waals surface area contributed by atoms with Crippen molar-refractivity contribution in [3.05, 3.63) is 48.1 Å². The first-order valence-electron chi connectivity index (χ1n) is 7.09. The molecule has 0 heterocycles. The van der Waals surface area contributed by atoms with Gasteiger partial charge < -0.3 is 14.7 Å². The molecule has 0 saturated heterocycles. The SMILES string of the molecule is CN(C)c1ccccc1C1=CC=CCC1(N(C)C)P(=O)(O)O. The van der Waals surface area contributed by atoms with Crippen molar-refractivity contribution in [2.75, 3.05) is 33.1 Å². The van der Waals surface area contributed by atoms with E-state index >= 15 is 0 Å². The maximum Gasteiger partial charge on any atom is 0.350 e.